The fraction of sp³-hybridized carbons (Fsp3) is 0.462. The number of nitrogens with zero attached hydrogens (tertiary/aromatic N) is 2. The molecule has 2 unspecified atom stereocenters. The fourth-order valence-corrected chi connectivity index (χ4v) is 2.49. The van der Waals surface area contributed by atoms with E-state index in [0.717, 1.165) is 11.1 Å². The molecule has 2 atom stereocenters. The first-order chi connectivity index (χ1) is 8.60. The Hall–Kier alpha value is -1.91. The minimum Gasteiger partial charge on any atom is -0.481 e. The van der Waals surface area contributed by atoms with Gasteiger partial charge in [0.1, 0.15) is 0 Å². The highest BCUT2D eigenvalue weighted by Gasteiger charge is 2.32. The van der Waals surface area contributed by atoms with Crippen LogP contribution in [0.5, 0.6) is 0 Å². The Bertz CT molecular complexity index is 461. The van der Waals surface area contributed by atoms with Gasteiger partial charge < -0.3 is 5.11 Å². The molecule has 1 aliphatic rings. The maximum Gasteiger partial charge on any atom is 0.308 e. The van der Waals surface area contributed by atoms with Crippen LogP contribution in [0.15, 0.2) is 29.6 Å². The summed E-state index contributed by atoms with van der Waals surface area (Å²) >= 11 is 0. The van der Waals surface area contributed by atoms with Gasteiger partial charge in [-0.25, -0.2) is 0 Å². The Morgan fingerprint density at radius 2 is 2.22 bits per heavy atom. The summed E-state index contributed by atoms with van der Waals surface area (Å²) in [6.45, 7) is 2.70. The molecule has 0 aromatic heterocycles. The van der Waals surface area contributed by atoms with Crippen molar-refractivity contribution in [1.29, 1.82) is 0 Å². The largest absolute Gasteiger partial charge is 0.481 e. The second-order valence-corrected chi connectivity index (χ2v) is 4.84. The number of aliphatic carboxylic acids is 1. The van der Waals surface area contributed by atoms with Crippen molar-refractivity contribution in [3.8, 4) is 0 Å². The van der Waals surface area contributed by atoms with Crippen LogP contribution in [0.2, 0.25) is 0 Å². The van der Waals surface area contributed by atoms with Crippen molar-refractivity contribution >= 4 is 5.97 Å². The van der Waals surface area contributed by atoms with Crippen molar-refractivity contribution in [3.63, 3.8) is 0 Å². The van der Waals surface area contributed by atoms with E-state index in [1.54, 1.807) is 0 Å². The normalized spacial score (nSPS) is 23.7. The van der Waals surface area contributed by atoms with E-state index in [-0.39, 0.29) is 12.5 Å². The molecule has 0 aliphatic carbocycles. The smallest absolute Gasteiger partial charge is 0.308 e. The Morgan fingerprint density at radius 1 is 1.44 bits per heavy atom. The zero-order chi connectivity index (χ0) is 13.1. The molecule has 0 radical (unpaired) electrons. The lowest BCUT2D eigenvalue weighted by Gasteiger charge is -2.32. The number of nitroso groups, excluding NO2 is 1. The van der Waals surface area contributed by atoms with Crippen molar-refractivity contribution in [2.45, 2.75) is 19.3 Å². The minimum absolute atomic E-state index is 0.0532. The number of carboxylic acids is 1. The Morgan fingerprint density at radius 3 is 2.83 bits per heavy atom. The third-order valence-corrected chi connectivity index (χ3v) is 3.41. The van der Waals surface area contributed by atoms with Crippen molar-refractivity contribution in [1.82, 2.24) is 5.01 Å². The summed E-state index contributed by atoms with van der Waals surface area (Å²) in [6, 6.07) is 7.97. The van der Waals surface area contributed by atoms with E-state index in [9.17, 15) is 9.70 Å². The molecule has 1 fully saturated rings. The molecular weight excluding hydrogens is 232 g/mol. The van der Waals surface area contributed by atoms with Crippen molar-refractivity contribution < 1.29 is 9.90 Å². The quantitative estimate of drug-likeness (QED) is 0.832. The Labute approximate surface area is 105 Å². The summed E-state index contributed by atoms with van der Waals surface area (Å²) in [5.41, 5.74) is 2.21. The van der Waals surface area contributed by atoms with E-state index in [1.165, 1.54) is 5.01 Å². The highest BCUT2D eigenvalue weighted by atomic mass is 16.4. The van der Waals surface area contributed by atoms with Gasteiger partial charge in [-0.2, -0.15) is 0 Å². The molecule has 1 aliphatic heterocycles. The molecule has 0 spiro atoms. The molecule has 2 rings (SSSR count). The molecule has 0 amide bonds. The standard InChI is InChI=1S/C13H16N2O3/c1-9-3-2-4-10(5-9)11-6-12(13(16)17)8-15(7-11)14-18/h2-5,11-12H,6-8H2,1H3,(H,16,17). The zero-order valence-electron chi connectivity index (χ0n) is 10.2. The first-order valence-corrected chi connectivity index (χ1v) is 5.97. The summed E-state index contributed by atoms with van der Waals surface area (Å²) in [5, 5.41) is 13.3. The average molecular weight is 248 g/mol. The van der Waals surface area contributed by atoms with Crippen LogP contribution in [0.25, 0.3) is 0 Å². The van der Waals surface area contributed by atoms with Crippen LogP contribution in [-0.2, 0) is 4.79 Å². The van der Waals surface area contributed by atoms with Crippen molar-refractivity contribution in [2.75, 3.05) is 13.1 Å². The topological polar surface area (TPSA) is 70.0 Å². The number of aryl methyl sites for hydroxylation is 1. The minimum atomic E-state index is -0.860. The molecule has 1 aromatic carbocycles. The average Bonchev–Trinajstić information content (AvgIpc) is 2.38. The summed E-state index contributed by atoms with van der Waals surface area (Å²) in [5.74, 6) is -1.33. The summed E-state index contributed by atoms with van der Waals surface area (Å²) in [4.78, 5) is 21.7. The first kappa shape index (κ1) is 12.5. The lowest BCUT2D eigenvalue weighted by molar-refractivity contribution is -0.143. The molecule has 5 heteroatoms. The molecule has 1 N–H and O–H groups in total. The van der Waals surface area contributed by atoms with Crippen LogP contribution in [0.1, 0.15) is 23.5 Å². The first-order valence-electron chi connectivity index (χ1n) is 5.97. The number of carbonyl (C=O) groups is 1. The lowest BCUT2D eigenvalue weighted by Crippen LogP contribution is -2.39. The molecule has 1 aromatic rings. The third-order valence-electron chi connectivity index (χ3n) is 3.41. The number of piperidine rings is 1. The van der Waals surface area contributed by atoms with Gasteiger partial charge in [0.15, 0.2) is 0 Å². The van der Waals surface area contributed by atoms with E-state index in [2.05, 4.69) is 5.29 Å². The van der Waals surface area contributed by atoms with E-state index in [4.69, 9.17) is 5.11 Å². The van der Waals surface area contributed by atoms with E-state index in [1.807, 2.05) is 31.2 Å². The van der Waals surface area contributed by atoms with Crippen LogP contribution in [0.4, 0.5) is 0 Å². The second-order valence-electron chi connectivity index (χ2n) is 4.84. The molecule has 96 valence electrons. The fourth-order valence-electron chi connectivity index (χ4n) is 2.49. The number of hydrogen-bond donors (Lipinski definition) is 1. The van der Waals surface area contributed by atoms with Crippen LogP contribution in [0.3, 0.4) is 0 Å². The van der Waals surface area contributed by atoms with Gasteiger partial charge in [0.25, 0.3) is 0 Å². The maximum atomic E-state index is 11.1. The molecule has 1 heterocycles. The van der Waals surface area contributed by atoms with E-state index < -0.39 is 11.9 Å². The second kappa shape index (κ2) is 5.16. The number of benzene rings is 1. The van der Waals surface area contributed by atoms with Crippen molar-refractivity contribution in [2.24, 2.45) is 11.2 Å². The van der Waals surface area contributed by atoms with Crippen LogP contribution < -0.4 is 0 Å². The Kier molecular flexibility index (Phi) is 3.60. The van der Waals surface area contributed by atoms with Gasteiger partial charge >= 0.3 is 5.97 Å². The number of hydrogen-bond acceptors (Lipinski definition) is 3. The maximum absolute atomic E-state index is 11.1. The van der Waals surface area contributed by atoms with Gasteiger partial charge in [-0.05, 0) is 18.9 Å². The van der Waals surface area contributed by atoms with Crippen LogP contribution in [-0.4, -0.2) is 29.2 Å². The summed E-state index contributed by atoms with van der Waals surface area (Å²) in [7, 11) is 0. The number of carboxylic acid groups (broad SMARTS) is 1. The van der Waals surface area contributed by atoms with Crippen molar-refractivity contribution in [3.05, 3.63) is 40.3 Å². The molecule has 1 saturated heterocycles. The van der Waals surface area contributed by atoms with Gasteiger partial charge in [0.2, 0.25) is 0 Å². The molecule has 0 bridgehead atoms. The lowest BCUT2D eigenvalue weighted by atomic mass is 9.85. The highest BCUT2D eigenvalue weighted by Crippen LogP contribution is 2.30. The molecule has 0 saturated carbocycles. The van der Waals surface area contributed by atoms with Gasteiger partial charge in [-0.15, -0.1) is 4.91 Å². The predicted molar refractivity (Wildman–Crippen MR) is 67.0 cm³/mol. The number of rotatable bonds is 3. The van der Waals surface area contributed by atoms with Crippen LogP contribution in [0, 0.1) is 17.7 Å². The van der Waals surface area contributed by atoms with E-state index in [0.29, 0.717) is 13.0 Å². The van der Waals surface area contributed by atoms with Gasteiger partial charge in [0.05, 0.1) is 17.7 Å². The van der Waals surface area contributed by atoms with Gasteiger partial charge in [-0.3, -0.25) is 9.80 Å². The molecular formula is C13H16N2O3. The van der Waals surface area contributed by atoms with E-state index >= 15 is 0 Å². The third kappa shape index (κ3) is 2.67. The Balaban J connectivity index is 2.21. The van der Waals surface area contributed by atoms with Gasteiger partial charge in [-0.1, -0.05) is 29.8 Å². The zero-order valence-corrected chi connectivity index (χ0v) is 10.2. The van der Waals surface area contributed by atoms with Crippen LogP contribution >= 0.6 is 0 Å². The highest BCUT2D eigenvalue weighted by molar-refractivity contribution is 5.70. The molecule has 18 heavy (non-hydrogen) atoms. The monoisotopic (exact) mass is 248 g/mol. The molecule has 5 nitrogen and oxygen atoms in total. The predicted octanol–water partition coefficient (Wildman–Crippen LogP) is 2.17. The summed E-state index contributed by atoms with van der Waals surface area (Å²) < 4.78 is 0. The SMILES string of the molecule is Cc1cccc(C2CC(C(=O)O)CN(N=O)C2)c1. The van der Waals surface area contributed by atoms with Gasteiger partial charge in [0, 0.05) is 12.5 Å². The summed E-state index contributed by atoms with van der Waals surface area (Å²) in [6.07, 6.45) is 0.560.